The number of rotatable bonds is 6. The van der Waals surface area contributed by atoms with Gasteiger partial charge < -0.3 is 20.3 Å². The lowest BCUT2D eigenvalue weighted by Gasteiger charge is -2.29. The molecule has 6 nitrogen and oxygen atoms in total. The van der Waals surface area contributed by atoms with Gasteiger partial charge in [-0.05, 0) is 37.3 Å². The van der Waals surface area contributed by atoms with Crippen molar-refractivity contribution in [3.63, 3.8) is 0 Å². The fraction of sp³-hybridized carbons (Fsp3) is 0.529. The van der Waals surface area contributed by atoms with Crippen LogP contribution >= 0.6 is 24.0 Å². The van der Waals surface area contributed by atoms with Crippen LogP contribution in [0.2, 0.25) is 0 Å². The van der Waals surface area contributed by atoms with Crippen molar-refractivity contribution in [1.82, 2.24) is 10.6 Å². The van der Waals surface area contributed by atoms with E-state index < -0.39 is 0 Å². The Labute approximate surface area is 160 Å². The number of aliphatic imine (C=N–C) groups is 1. The number of carbonyl (C=O) groups excluding carboxylic acids is 1. The lowest BCUT2D eigenvalue weighted by Crippen LogP contribution is -2.42. The zero-order valence-corrected chi connectivity index (χ0v) is 16.3. The molecule has 1 aliphatic heterocycles. The standard InChI is InChI=1S/C17H24N4O2.HI/c1-18-17(20-11-13-7-8-13)19-9-4-10-21-14-5-2-3-6-15(14)23-12-16(21)22;/h2-3,5-6,13H,4,7-12H2,1H3,(H2,18,19,20);1H. The third kappa shape index (κ3) is 4.99. The average Bonchev–Trinajstić information content (AvgIpc) is 3.40. The number of halogens is 1. The number of guanidine groups is 1. The molecule has 1 aliphatic carbocycles. The minimum atomic E-state index is 0. The highest BCUT2D eigenvalue weighted by atomic mass is 127. The predicted molar refractivity (Wildman–Crippen MR) is 106 cm³/mol. The van der Waals surface area contributed by atoms with Crippen molar-refractivity contribution in [1.29, 1.82) is 0 Å². The summed E-state index contributed by atoms with van der Waals surface area (Å²) in [5, 5.41) is 6.63. The SMILES string of the molecule is CN=C(NCCCN1C(=O)COc2ccccc21)NCC1CC1.I. The maximum atomic E-state index is 12.1. The molecule has 1 heterocycles. The number of para-hydroxylation sites is 2. The number of hydrogen-bond donors (Lipinski definition) is 2. The van der Waals surface area contributed by atoms with Gasteiger partial charge in [-0.25, -0.2) is 0 Å². The number of nitrogens with one attached hydrogen (secondary N) is 2. The van der Waals surface area contributed by atoms with Crippen molar-refractivity contribution in [3.8, 4) is 5.75 Å². The lowest BCUT2D eigenvalue weighted by molar-refractivity contribution is -0.121. The van der Waals surface area contributed by atoms with Gasteiger partial charge in [0.25, 0.3) is 5.91 Å². The monoisotopic (exact) mass is 444 g/mol. The first kappa shape index (κ1) is 18.8. The summed E-state index contributed by atoms with van der Waals surface area (Å²) in [6, 6.07) is 7.67. The van der Waals surface area contributed by atoms with Gasteiger partial charge in [-0.3, -0.25) is 9.79 Å². The van der Waals surface area contributed by atoms with E-state index in [1.54, 1.807) is 11.9 Å². The zero-order chi connectivity index (χ0) is 16.1. The first-order chi connectivity index (χ1) is 11.3. The van der Waals surface area contributed by atoms with Gasteiger partial charge >= 0.3 is 0 Å². The number of anilines is 1. The summed E-state index contributed by atoms with van der Waals surface area (Å²) in [6.45, 7) is 2.56. The van der Waals surface area contributed by atoms with Crippen molar-refractivity contribution < 1.29 is 9.53 Å². The van der Waals surface area contributed by atoms with E-state index >= 15 is 0 Å². The molecular formula is C17H25IN4O2. The third-order valence-corrected chi connectivity index (χ3v) is 4.14. The largest absolute Gasteiger partial charge is 0.482 e. The number of hydrogen-bond acceptors (Lipinski definition) is 3. The molecule has 2 N–H and O–H groups in total. The van der Waals surface area contributed by atoms with Crippen molar-refractivity contribution in [2.24, 2.45) is 10.9 Å². The Morgan fingerprint density at radius 1 is 1.33 bits per heavy atom. The van der Waals surface area contributed by atoms with Gasteiger partial charge in [0.2, 0.25) is 0 Å². The van der Waals surface area contributed by atoms with E-state index in [4.69, 9.17) is 4.74 Å². The van der Waals surface area contributed by atoms with Crippen LogP contribution in [0.15, 0.2) is 29.3 Å². The molecule has 0 radical (unpaired) electrons. The summed E-state index contributed by atoms with van der Waals surface area (Å²) < 4.78 is 5.45. The molecule has 3 rings (SSSR count). The summed E-state index contributed by atoms with van der Waals surface area (Å²) in [6.07, 6.45) is 3.50. The smallest absolute Gasteiger partial charge is 0.265 e. The number of ether oxygens (including phenoxy) is 1. The summed E-state index contributed by atoms with van der Waals surface area (Å²) in [5.74, 6) is 2.45. The number of carbonyl (C=O) groups is 1. The van der Waals surface area contributed by atoms with Crippen molar-refractivity contribution in [2.45, 2.75) is 19.3 Å². The molecule has 0 saturated heterocycles. The summed E-state index contributed by atoms with van der Waals surface area (Å²) in [5.41, 5.74) is 0.861. The highest BCUT2D eigenvalue weighted by Crippen LogP contribution is 2.31. The van der Waals surface area contributed by atoms with Crippen LogP contribution in [0, 0.1) is 5.92 Å². The zero-order valence-electron chi connectivity index (χ0n) is 14.0. The molecule has 1 aromatic carbocycles. The van der Waals surface area contributed by atoms with E-state index in [-0.39, 0.29) is 36.5 Å². The molecule has 0 atom stereocenters. The maximum absolute atomic E-state index is 12.1. The number of fused-ring (bicyclic) bond motifs is 1. The van der Waals surface area contributed by atoms with Gasteiger partial charge in [-0.1, -0.05) is 12.1 Å². The number of amides is 1. The van der Waals surface area contributed by atoms with Crippen LogP contribution in [0.3, 0.4) is 0 Å². The van der Waals surface area contributed by atoms with E-state index in [1.807, 2.05) is 24.3 Å². The Morgan fingerprint density at radius 2 is 2.12 bits per heavy atom. The summed E-state index contributed by atoms with van der Waals surface area (Å²) >= 11 is 0. The molecule has 132 valence electrons. The molecule has 1 saturated carbocycles. The first-order valence-corrected chi connectivity index (χ1v) is 8.24. The van der Waals surface area contributed by atoms with Crippen LogP contribution < -0.4 is 20.3 Å². The fourth-order valence-electron chi connectivity index (χ4n) is 2.63. The van der Waals surface area contributed by atoms with Crippen molar-refractivity contribution in [2.75, 3.05) is 38.2 Å². The molecule has 2 aliphatic rings. The van der Waals surface area contributed by atoms with Crippen LogP contribution in [0.1, 0.15) is 19.3 Å². The van der Waals surface area contributed by atoms with Crippen LogP contribution in [-0.2, 0) is 4.79 Å². The molecule has 1 aromatic rings. The van der Waals surface area contributed by atoms with E-state index in [0.29, 0.717) is 6.54 Å². The second kappa shape index (κ2) is 9.10. The van der Waals surface area contributed by atoms with E-state index in [9.17, 15) is 4.79 Å². The Balaban J connectivity index is 0.00000208. The Morgan fingerprint density at radius 3 is 2.88 bits per heavy atom. The Kier molecular flexibility index (Phi) is 7.14. The molecule has 24 heavy (non-hydrogen) atoms. The topological polar surface area (TPSA) is 66.0 Å². The number of benzene rings is 1. The average molecular weight is 444 g/mol. The highest BCUT2D eigenvalue weighted by molar-refractivity contribution is 14.0. The quantitative estimate of drug-likeness (QED) is 0.305. The molecule has 1 fully saturated rings. The van der Waals surface area contributed by atoms with Gasteiger partial charge in [0.05, 0.1) is 5.69 Å². The normalized spacial score (nSPS) is 16.8. The van der Waals surface area contributed by atoms with E-state index in [0.717, 1.165) is 42.8 Å². The van der Waals surface area contributed by atoms with Gasteiger partial charge in [-0.2, -0.15) is 0 Å². The molecule has 0 aromatic heterocycles. The summed E-state index contributed by atoms with van der Waals surface area (Å²) in [7, 11) is 1.78. The van der Waals surface area contributed by atoms with Crippen LogP contribution in [0.5, 0.6) is 5.75 Å². The van der Waals surface area contributed by atoms with Crippen LogP contribution in [0.25, 0.3) is 0 Å². The molecular weight excluding hydrogens is 419 g/mol. The van der Waals surface area contributed by atoms with Crippen LogP contribution in [-0.4, -0.2) is 45.2 Å². The maximum Gasteiger partial charge on any atom is 0.265 e. The van der Waals surface area contributed by atoms with Crippen molar-refractivity contribution in [3.05, 3.63) is 24.3 Å². The van der Waals surface area contributed by atoms with Gasteiger partial charge in [0.15, 0.2) is 12.6 Å². The van der Waals surface area contributed by atoms with Gasteiger partial charge in [-0.15, -0.1) is 24.0 Å². The van der Waals surface area contributed by atoms with Crippen molar-refractivity contribution >= 4 is 41.5 Å². The van der Waals surface area contributed by atoms with Gasteiger partial charge in [0, 0.05) is 26.7 Å². The van der Waals surface area contributed by atoms with Gasteiger partial charge in [0.1, 0.15) is 5.75 Å². The Bertz CT molecular complexity index is 590. The minimum absolute atomic E-state index is 0. The molecule has 0 bridgehead atoms. The second-order valence-electron chi connectivity index (χ2n) is 5.98. The third-order valence-electron chi connectivity index (χ3n) is 4.14. The van der Waals surface area contributed by atoms with Crippen LogP contribution in [0.4, 0.5) is 5.69 Å². The lowest BCUT2D eigenvalue weighted by atomic mass is 10.2. The summed E-state index contributed by atoms with van der Waals surface area (Å²) in [4.78, 5) is 18.1. The predicted octanol–water partition coefficient (Wildman–Crippen LogP) is 2.00. The molecule has 0 spiro atoms. The molecule has 0 unspecified atom stereocenters. The highest BCUT2D eigenvalue weighted by Gasteiger charge is 2.24. The minimum Gasteiger partial charge on any atom is -0.482 e. The first-order valence-electron chi connectivity index (χ1n) is 8.24. The second-order valence-corrected chi connectivity index (χ2v) is 5.98. The molecule has 1 amide bonds. The fourth-order valence-corrected chi connectivity index (χ4v) is 2.63. The van der Waals surface area contributed by atoms with E-state index in [2.05, 4.69) is 15.6 Å². The Hall–Kier alpha value is -1.51. The van der Waals surface area contributed by atoms with E-state index in [1.165, 1.54) is 12.8 Å². The molecule has 7 heteroatoms. The number of nitrogens with zero attached hydrogens (tertiary/aromatic N) is 2.